The first-order valence-electron chi connectivity index (χ1n) is 7.80. The Labute approximate surface area is 140 Å². The lowest BCUT2D eigenvalue weighted by atomic mass is 10.1. The van der Waals surface area contributed by atoms with Gasteiger partial charge in [0.2, 0.25) is 0 Å². The van der Waals surface area contributed by atoms with Crippen molar-refractivity contribution in [3.63, 3.8) is 0 Å². The van der Waals surface area contributed by atoms with Crippen molar-refractivity contribution in [2.45, 2.75) is 13.0 Å². The van der Waals surface area contributed by atoms with Crippen LogP contribution in [0.25, 0.3) is 0 Å². The van der Waals surface area contributed by atoms with Crippen LogP contribution in [-0.2, 0) is 4.74 Å². The molecule has 6 nitrogen and oxygen atoms in total. The van der Waals surface area contributed by atoms with Crippen molar-refractivity contribution in [3.05, 3.63) is 53.9 Å². The number of para-hydroxylation sites is 1. The molecule has 0 radical (unpaired) electrons. The van der Waals surface area contributed by atoms with Gasteiger partial charge >= 0.3 is 0 Å². The minimum absolute atomic E-state index is 0.119. The molecule has 6 heteroatoms. The number of amides is 1. The Morgan fingerprint density at radius 3 is 2.92 bits per heavy atom. The van der Waals surface area contributed by atoms with E-state index < -0.39 is 0 Å². The number of nitrogens with zero attached hydrogens (tertiary/aromatic N) is 3. The SMILES string of the molecule is CC1COCCN1c1cnc(C#N)c(C(=O)Nc2ccccc2)c1. The highest BCUT2D eigenvalue weighted by Crippen LogP contribution is 2.22. The van der Waals surface area contributed by atoms with E-state index in [1.807, 2.05) is 24.3 Å². The number of morpholine rings is 1. The van der Waals surface area contributed by atoms with Gasteiger partial charge in [0.1, 0.15) is 6.07 Å². The number of benzene rings is 1. The van der Waals surface area contributed by atoms with Crippen LogP contribution in [0.5, 0.6) is 0 Å². The van der Waals surface area contributed by atoms with Crippen LogP contribution >= 0.6 is 0 Å². The first kappa shape index (κ1) is 16.0. The Morgan fingerprint density at radius 2 is 2.21 bits per heavy atom. The molecule has 1 atom stereocenters. The fourth-order valence-corrected chi connectivity index (χ4v) is 2.70. The second kappa shape index (κ2) is 7.11. The third kappa shape index (κ3) is 3.36. The van der Waals surface area contributed by atoms with Crippen molar-refractivity contribution >= 4 is 17.3 Å². The van der Waals surface area contributed by atoms with E-state index in [0.717, 1.165) is 12.2 Å². The van der Waals surface area contributed by atoms with Gasteiger partial charge in [-0.2, -0.15) is 5.26 Å². The van der Waals surface area contributed by atoms with E-state index in [9.17, 15) is 10.1 Å². The minimum Gasteiger partial charge on any atom is -0.377 e. The summed E-state index contributed by atoms with van der Waals surface area (Å²) in [5.74, 6) is -0.340. The van der Waals surface area contributed by atoms with Gasteiger partial charge in [0.15, 0.2) is 5.69 Å². The topological polar surface area (TPSA) is 78.2 Å². The molecule has 1 fully saturated rings. The Balaban J connectivity index is 1.89. The molecule has 1 aromatic heterocycles. The number of ether oxygens (including phenoxy) is 1. The van der Waals surface area contributed by atoms with Gasteiger partial charge < -0.3 is 15.0 Å². The lowest BCUT2D eigenvalue weighted by molar-refractivity contribution is 0.0988. The first-order chi connectivity index (χ1) is 11.7. The van der Waals surface area contributed by atoms with Crippen molar-refractivity contribution in [2.75, 3.05) is 30.0 Å². The second-order valence-electron chi connectivity index (χ2n) is 5.64. The van der Waals surface area contributed by atoms with E-state index >= 15 is 0 Å². The quantitative estimate of drug-likeness (QED) is 0.939. The number of anilines is 2. The van der Waals surface area contributed by atoms with Gasteiger partial charge in [-0.3, -0.25) is 4.79 Å². The van der Waals surface area contributed by atoms with E-state index in [2.05, 4.69) is 22.1 Å². The van der Waals surface area contributed by atoms with Crippen LogP contribution in [0.4, 0.5) is 11.4 Å². The van der Waals surface area contributed by atoms with Crippen molar-refractivity contribution in [3.8, 4) is 6.07 Å². The zero-order valence-electron chi connectivity index (χ0n) is 13.4. The van der Waals surface area contributed by atoms with Crippen molar-refractivity contribution in [1.29, 1.82) is 5.26 Å². The molecule has 0 aliphatic carbocycles. The maximum Gasteiger partial charge on any atom is 0.258 e. The lowest BCUT2D eigenvalue weighted by Gasteiger charge is -2.35. The molecule has 0 saturated carbocycles. The van der Waals surface area contributed by atoms with Gasteiger partial charge in [0.05, 0.1) is 30.7 Å². The van der Waals surface area contributed by atoms with Gasteiger partial charge in [0.25, 0.3) is 5.91 Å². The fourth-order valence-electron chi connectivity index (χ4n) is 2.70. The Morgan fingerprint density at radius 1 is 1.42 bits per heavy atom. The summed E-state index contributed by atoms with van der Waals surface area (Å²) in [6.07, 6.45) is 1.64. The van der Waals surface area contributed by atoms with Gasteiger partial charge in [-0.15, -0.1) is 0 Å². The number of carbonyl (C=O) groups excluding carboxylic acids is 1. The van der Waals surface area contributed by atoms with Crippen molar-refractivity contribution in [2.24, 2.45) is 0 Å². The van der Waals surface area contributed by atoms with Crippen LogP contribution in [-0.4, -0.2) is 36.7 Å². The Bertz CT molecular complexity index is 770. The average Bonchev–Trinajstić information content (AvgIpc) is 2.62. The molecule has 3 rings (SSSR count). The van der Waals surface area contributed by atoms with Crippen molar-refractivity contribution < 1.29 is 9.53 Å². The molecule has 1 N–H and O–H groups in total. The first-order valence-corrected chi connectivity index (χ1v) is 7.80. The maximum atomic E-state index is 12.6. The molecular weight excluding hydrogens is 304 g/mol. The summed E-state index contributed by atoms with van der Waals surface area (Å²) in [4.78, 5) is 18.9. The average molecular weight is 322 g/mol. The van der Waals surface area contributed by atoms with E-state index in [0.29, 0.717) is 18.9 Å². The molecule has 0 spiro atoms. The molecule has 1 saturated heterocycles. The molecule has 122 valence electrons. The number of carbonyl (C=O) groups is 1. The smallest absolute Gasteiger partial charge is 0.258 e. The van der Waals surface area contributed by atoms with Crippen LogP contribution < -0.4 is 10.2 Å². The molecule has 1 aromatic carbocycles. The monoisotopic (exact) mass is 322 g/mol. The molecule has 1 aliphatic rings. The number of hydrogen-bond donors (Lipinski definition) is 1. The van der Waals surface area contributed by atoms with E-state index in [1.54, 1.807) is 24.4 Å². The van der Waals surface area contributed by atoms with E-state index in [1.165, 1.54) is 0 Å². The summed E-state index contributed by atoms with van der Waals surface area (Å²) >= 11 is 0. The summed E-state index contributed by atoms with van der Waals surface area (Å²) in [6.45, 7) is 4.05. The largest absolute Gasteiger partial charge is 0.377 e. The zero-order chi connectivity index (χ0) is 16.9. The predicted octanol–water partition coefficient (Wildman–Crippen LogP) is 2.43. The van der Waals surface area contributed by atoms with Crippen molar-refractivity contribution in [1.82, 2.24) is 4.98 Å². The summed E-state index contributed by atoms with van der Waals surface area (Å²) in [5.41, 5.74) is 1.89. The highest BCUT2D eigenvalue weighted by Gasteiger charge is 2.22. The highest BCUT2D eigenvalue weighted by molar-refractivity contribution is 6.06. The molecular formula is C18H18N4O2. The van der Waals surface area contributed by atoms with Crippen LogP contribution in [0.3, 0.4) is 0 Å². The molecule has 1 aliphatic heterocycles. The number of nitriles is 1. The standard InChI is InChI=1S/C18H18N4O2/c1-13-12-24-8-7-22(13)15-9-16(17(10-19)20-11-15)18(23)21-14-5-3-2-4-6-14/h2-6,9,11,13H,7-8,12H2,1H3,(H,21,23). The molecule has 1 amide bonds. The van der Waals surface area contributed by atoms with Crippen LogP contribution in [0.1, 0.15) is 23.0 Å². The molecule has 24 heavy (non-hydrogen) atoms. The van der Waals surface area contributed by atoms with Crippen LogP contribution in [0.15, 0.2) is 42.6 Å². The van der Waals surface area contributed by atoms with E-state index in [4.69, 9.17) is 4.74 Å². The zero-order valence-corrected chi connectivity index (χ0v) is 13.4. The predicted molar refractivity (Wildman–Crippen MR) is 91.0 cm³/mol. The Kier molecular flexibility index (Phi) is 4.73. The summed E-state index contributed by atoms with van der Waals surface area (Å²) in [5, 5.41) is 12.1. The van der Waals surface area contributed by atoms with Gasteiger partial charge in [-0.05, 0) is 25.1 Å². The number of hydrogen-bond acceptors (Lipinski definition) is 5. The number of aromatic nitrogens is 1. The van der Waals surface area contributed by atoms with E-state index in [-0.39, 0.29) is 23.2 Å². The summed E-state index contributed by atoms with van der Waals surface area (Å²) < 4.78 is 5.44. The van der Waals surface area contributed by atoms with Gasteiger partial charge in [-0.25, -0.2) is 4.98 Å². The number of nitrogens with one attached hydrogen (secondary N) is 1. The minimum atomic E-state index is -0.340. The summed E-state index contributed by atoms with van der Waals surface area (Å²) in [7, 11) is 0. The second-order valence-corrected chi connectivity index (χ2v) is 5.64. The third-order valence-electron chi connectivity index (χ3n) is 3.95. The molecule has 2 heterocycles. The van der Waals surface area contributed by atoms with Gasteiger partial charge in [0, 0.05) is 18.3 Å². The summed E-state index contributed by atoms with van der Waals surface area (Å²) in [6, 6.07) is 13.1. The normalized spacial score (nSPS) is 17.2. The lowest BCUT2D eigenvalue weighted by Crippen LogP contribution is -2.43. The molecule has 0 bridgehead atoms. The Hall–Kier alpha value is -2.91. The number of rotatable bonds is 3. The highest BCUT2D eigenvalue weighted by atomic mass is 16.5. The van der Waals surface area contributed by atoms with Gasteiger partial charge in [-0.1, -0.05) is 18.2 Å². The van der Waals surface area contributed by atoms with Crippen LogP contribution in [0, 0.1) is 11.3 Å². The molecule has 1 unspecified atom stereocenters. The number of pyridine rings is 1. The fraction of sp³-hybridized carbons (Fsp3) is 0.278. The van der Waals surface area contributed by atoms with Crippen LogP contribution in [0.2, 0.25) is 0 Å². The third-order valence-corrected chi connectivity index (χ3v) is 3.95. The maximum absolute atomic E-state index is 12.6. The molecule has 2 aromatic rings.